The molecule has 0 saturated carbocycles. The molecule has 0 amide bonds. The van der Waals surface area contributed by atoms with Crippen molar-refractivity contribution in [3.8, 4) is 6.07 Å². The van der Waals surface area contributed by atoms with Crippen molar-refractivity contribution >= 4 is 15.8 Å². The van der Waals surface area contributed by atoms with E-state index >= 15 is 0 Å². The van der Waals surface area contributed by atoms with E-state index in [2.05, 4.69) is 5.48 Å². The van der Waals surface area contributed by atoms with Crippen LogP contribution in [0.25, 0.3) is 0 Å². The van der Waals surface area contributed by atoms with Crippen LogP contribution < -0.4 is 5.48 Å². The Labute approximate surface area is 123 Å². The standard InChI is InChI=1S/C15H14N2O3S/c1-12-6-8-14(9-7-12)21(18,19)20-17-15-5-3-2-4-13(15)10-11-16/h2-9,17H,10H2,1H3. The SMILES string of the molecule is Cc1ccc(S(=O)(=O)ONc2ccccc2CC#N)cc1. The molecule has 1 N–H and O–H groups in total. The molecule has 5 nitrogen and oxygen atoms in total. The number of hydrogen-bond donors (Lipinski definition) is 1. The fraction of sp³-hybridized carbons (Fsp3) is 0.133. The predicted octanol–water partition coefficient (Wildman–Crippen LogP) is 2.79. The largest absolute Gasteiger partial charge is 0.317 e. The molecular weight excluding hydrogens is 288 g/mol. The number of nitriles is 1. The molecule has 6 heteroatoms. The van der Waals surface area contributed by atoms with Gasteiger partial charge < -0.3 is 0 Å². The van der Waals surface area contributed by atoms with Gasteiger partial charge in [-0.2, -0.15) is 13.7 Å². The van der Waals surface area contributed by atoms with Crippen LogP contribution in [0.1, 0.15) is 11.1 Å². The number of rotatable bonds is 5. The van der Waals surface area contributed by atoms with E-state index in [1.165, 1.54) is 12.1 Å². The second-order valence-electron chi connectivity index (χ2n) is 4.44. The van der Waals surface area contributed by atoms with E-state index in [1.807, 2.05) is 13.0 Å². The van der Waals surface area contributed by atoms with Gasteiger partial charge in [0.2, 0.25) is 0 Å². The van der Waals surface area contributed by atoms with Crippen LogP contribution in [0.2, 0.25) is 0 Å². The lowest BCUT2D eigenvalue weighted by Gasteiger charge is -2.10. The Morgan fingerprint density at radius 1 is 1.14 bits per heavy atom. The summed E-state index contributed by atoms with van der Waals surface area (Å²) < 4.78 is 28.9. The number of para-hydroxylation sites is 1. The van der Waals surface area contributed by atoms with E-state index in [0.29, 0.717) is 11.3 Å². The summed E-state index contributed by atoms with van der Waals surface area (Å²) in [5.41, 5.74) is 4.49. The molecule has 0 saturated heterocycles. The molecule has 0 atom stereocenters. The summed E-state index contributed by atoms with van der Waals surface area (Å²) in [6.45, 7) is 1.87. The molecule has 0 heterocycles. The van der Waals surface area contributed by atoms with E-state index in [0.717, 1.165) is 5.56 Å². The first-order valence-electron chi connectivity index (χ1n) is 6.24. The van der Waals surface area contributed by atoms with Gasteiger partial charge in [0.15, 0.2) is 0 Å². The third-order valence-corrected chi connectivity index (χ3v) is 4.01. The molecule has 0 spiro atoms. The van der Waals surface area contributed by atoms with Gasteiger partial charge in [-0.15, -0.1) is 4.28 Å². The molecule has 108 valence electrons. The molecule has 0 fully saturated rings. The summed E-state index contributed by atoms with van der Waals surface area (Å²) in [5, 5.41) is 8.74. The van der Waals surface area contributed by atoms with Crippen LogP contribution in [0, 0.1) is 18.3 Å². The second-order valence-corrected chi connectivity index (χ2v) is 5.99. The van der Waals surface area contributed by atoms with Gasteiger partial charge in [-0.3, -0.25) is 0 Å². The molecule has 2 rings (SSSR count). The van der Waals surface area contributed by atoms with Gasteiger partial charge in [-0.1, -0.05) is 35.9 Å². The van der Waals surface area contributed by atoms with Crippen molar-refractivity contribution in [2.24, 2.45) is 0 Å². The van der Waals surface area contributed by atoms with Crippen LogP contribution in [0.3, 0.4) is 0 Å². The van der Waals surface area contributed by atoms with Crippen molar-refractivity contribution in [3.63, 3.8) is 0 Å². The summed E-state index contributed by atoms with van der Waals surface area (Å²) in [5.74, 6) is 0. The maximum absolute atomic E-state index is 12.0. The van der Waals surface area contributed by atoms with E-state index in [1.54, 1.807) is 36.4 Å². The minimum absolute atomic E-state index is 0.0679. The van der Waals surface area contributed by atoms with E-state index in [-0.39, 0.29) is 11.3 Å². The van der Waals surface area contributed by atoms with Crippen molar-refractivity contribution in [2.45, 2.75) is 18.2 Å². The molecule has 0 unspecified atom stereocenters. The quantitative estimate of drug-likeness (QED) is 0.859. The third kappa shape index (κ3) is 3.81. The number of aryl methyl sites for hydroxylation is 1. The van der Waals surface area contributed by atoms with Gasteiger partial charge in [0, 0.05) is 0 Å². The summed E-state index contributed by atoms with van der Waals surface area (Å²) in [6, 6.07) is 15.2. The van der Waals surface area contributed by atoms with Crippen molar-refractivity contribution in [2.75, 3.05) is 5.48 Å². The van der Waals surface area contributed by atoms with Crippen LogP contribution >= 0.6 is 0 Å². The number of benzene rings is 2. The maximum Gasteiger partial charge on any atom is 0.317 e. The van der Waals surface area contributed by atoms with E-state index in [9.17, 15) is 8.42 Å². The number of hydrogen-bond acceptors (Lipinski definition) is 5. The summed E-state index contributed by atoms with van der Waals surface area (Å²) in [4.78, 5) is 0.0679. The summed E-state index contributed by atoms with van der Waals surface area (Å²) in [6.07, 6.45) is 0.164. The Hall–Kier alpha value is -2.36. The van der Waals surface area contributed by atoms with Gasteiger partial charge in [-0.25, -0.2) is 5.48 Å². The van der Waals surface area contributed by atoms with Crippen molar-refractivity contribution in [1.82, 2.24) is 0 Å². The molecule has 0 bridgehead atoms. The summed E-state index contributed by atoms with van der Waals surface area (Å²) >= 11 is 0. The monoisotopic (exact) mass is 302 g/mol. The molecule has 2 aromatic carbocycles. The zero-order valence-electron chi connectivity index (χ0n) is 11.4. The van der Waals surface area contributed by atoms with Gasteiger partial charge in [-0.05, 0) is 30.7 Å². The normalized spacial score (nSPS) is 10.9. The minimum atomic E-state index is -3.90. The van der Waals surface area contributed by atoms with Gasteiger partial charge >= 0.3 is 10.1 Å². The predicted molar refractivity (Wildman–Crippen MR) is 78.8 cm³/mol. The molecule has 0 aromatic heterocycles. The third-order valence-electron chi connectivity index (χ3n) is 2.86. The zero-order chi connectivity index (χ0) is 15.3. The average molecular weight is 302 g/mol. The number of anilines is 1. The smallest absolute Gasteiger partial charge is 0.249 e. The van der Waals surface area contributed by atoms with Crippen molar-refractivity contribution in [3.05, 3.63) is 59.7 Å². The van der Waals surface area contributed by atoms with Crippen LogP contribution in [0.4, 0.5) is 5.69 Å². The zero-order valence-corrected chi connectivity index (χ0v) is 12.2. The van der Waals surface area contributed by atoms with Crippen LogP contribution in [0.5, 0.6) is 0 Å². The average Bonchev–Trinajstić information content (AvgIpc) is 2.47. The molecular formula is C15H14N2O3S. The fourth-order valence-corrected chi connectivity index (χ4v) is 2.48. The first kappa shape index (κ1) is 15.0. The van der Waals surface area contributed by atoms with Crippen LogP contribution in [-0.4, -0.2) is 8.42 Å². The van der Waals surface area contributed by atoms with Crippen LogP contribution in [0.15, 0.2) is 53.4 Å². The summed E-state index contributed by atoms with van der Waals surface area (Å²) in [7, 11) is -3.90. The highest BCUT2D eigenvalue weighted by Crippen LogP contribution is 2.18. The highest BCUT2D eigenvalue weighted by Gasteiger charge is 2.16. The van der Waals surface area contributed by atoms with E-state index in [4.69, 9.17) is 9.55 Å². The number of nitrogens with zero attached hydrogens (tertiary/aromatic N) is 1. The topological polar surface area (TPSA) is 79.2 Å². The molecule has 21 heavy (non-hydrogen) atoms. The highest BCUT2D eigenvalue weighted by molar-refractivity contribution is 7.86. The van der Waals surface area contributed by atoms with Gasteiger partial charge in [0.1, 0.15) is 0 Å². The maximum atomic E-state index is 12.0. The first-order valence-corrected chi connectivity index (χ1v) is 7.65. The lowest BCUT2D eigenvalue weighted by atomic mass is 10.1. The lowest BCUT2D eigenvalue weighted by Crippen LogP contribution is -2.12. The van der Waals surface area contributed by atoms with E-state index < -0.39 is 10.1 Å². The highest BCUT2D eigenvalue weighted by atomic mass is 32.2. The Kier molecular flexibility index (Phi) is 4.58. The Morgan fingerprint density at radius 3 is 2.48 bits per heavy atom. The van der Waals surface area contributed by atoms with Crippen molar-refractivity contribution < 1.29 is 12.7 Å². The fourth-order valence-electron chi connectivity index (χ4n) is 1.71. The minimum Gasteiger partial charge on any atom is -0.249 e. The molecule has 0 radical (unpaired) electrons. The Morgan fingerprint density at radius 2 is 1.81 bits per heavy atom. The first-order chi connectivity index (χ1) is 10.0. The lowest BCUT2D eigenvalue weighted by molar-refractivity contribution is 0.390. The second kappa shape index (κ2) is 6.39. The molecule has 2 aromatic rings. The van der Waals surface area contributed by atoms with Crippen molar-refractivity contribution in [1.29, 1.82) is 5.26 Å². The Balaban J connectivity index is 2.16. The number of nitrogens with one attached hydrogen (secondary N) is 1. The van der Waals surface area contributed by atoms with Gasteiger partial charge in [0.25, 0.3) is 0 Å². The molecule has 0 aliphatic rings. The molecule has 0 aliphatic heterocycles. The van der Waals surface area contributed by atoms with Gasteiger partial charge in [0.05, 0.1) is 23.1 Å². The molecule has 0 aliphatic carbocycles. The Bertz CT molecular complexity index is 762. The van der Waals surface area contributed by atoms with Crippen LogP contribution in [-0.2, 0) is 20.8 Å².